The Morgan fingerprint density at radius 1 is 0.370 bits per heavy atom. The van der Waals surface area contributed by atoms with E-state index >= 15 is 0 Å². The first-order chi connectivity index (χ1) is 11.9. The van der Waals surface area contributed by atoms with Gasteiger partial charge in [0.1, 0.15) is 0 Å². The quantitative estimate of drug-likeness (QED) is 0.319. The fourth-order valence-electron chi connectivity index (χ4n) is 2.06. The maximum Gasteiger partial charge on any atom is 4.00 e. The molecule has 0 radical (unpaired) electrons. The molecule has 136 valence electrons. The van der Waals surface area contributed by atoms with Crippen molar-refractivity contribution in [3.05, 3.63) is 97.6 Å². The molecule has 0 saturated heterocycles. The van der Waals surface area contributed by atoms with Crippen LogP contribution in [0, 0.1) is 0 Å². The molecule has 0 amide bonds. The van der Waals surface area contributed by atoms with Crippen LogP contribution in [0.1, 0.15) is 0 Å². The minimum atomic E-state index is 0. The Bertz CT molecular complexity index is 702. The first kappa shape index (κ1) is 24.8. The summed E-state index contributed by atoms with van der Waals surface area (Å²) in [5.41, 5.74) is 3.66. The van der Waals surface area contributed by atoms with Crippen molar-refractivity contribution in [1.82, 2.24) is 19.9 Å². The molecule has 0 atom stereocenters. The molecular formula is C20H16Cl2N4Ru+2. The summed E-state index contributed by atoms with van der Waals surface area (Å²) in [4.78, 5) is 16.7. The molecular weight excluding hydrogens is 468 g/mol. The fraction of sp³-hybridized carbons (Fsp3) is 0. The molecule has 0 fully saturated rings. The average Bonchev–Trinajstić information content (AvgIpc) is 2.71. The second kappa shape index (κ2) is 13.9. The zero-order valence-electron chi connectivity index (χ0n) is 14.1. The Kier molecular flexibility index (Phi) is 12.8. The predicted molar refractivity (Wildman–Crippen MR) is 94.9 cm³/mol. The van der Waals surface area contributed by atoms with Crippen molar-refractivity contribution in [2.24, 2.45) is 0 Å². The Labute approximate surface area is 184 Å². The maximum atomic E-state index is 4.19. The summed E-state index contributed by atoms with van der Waals surface area (Å²) in [5.74, 6) is 0. The van der Waals surface area contributed by atoms with E-state index in [4.69, 9.17) is 0 Å². The number of aromatic nitrogens is 4. The van der Waals surface area contributed by atoms with Gasteiger partial charge in [-0.05, 0) is 48.5 Å². The number of nitrogens with zero attached hydrogens (tertiary/aromatic N) is 4. The third-order valence-electron chi connectivity index (χ3n) is 3.18. The fourth-order valence-corrected chi connectivity index (χ4v) is 2.06. The summed E-state index contributed by atoms with van der Waals surface area (Å²) in [6, 6.07) is 23.2. The van der Waals surface area contributed by atoms with E-state index in [0.717, 1.165) is 22.8 Å². The van der Waals surface area contributed by atoms with Gasteiger partial charge in [-0.3, -0.25) is 19.9 Å². The summed E-state index contributed by atoms with van der Waals surface area (Å²) < 4.78 is 0. The Morgan fingerprint density at radius 2 is 0.593 bits per heavy atom. The van der Waals surface area contributed by atoms with Crippen molar-refractivity contribution >= 4 is 0 Å². The van der Waals surface area contributed by atoms with Gasteiger partial charge in [0.25, 0.3) is 0 Å². The van der Waals surface area contributed by atoms with Gasteiger partial charge in [0.2, 0.25) is 0 Å². The zero-order chi connectivity index (χ0) is 16.5. The van der Waals surface area contributed by atoms with Crippen LogP contribution in [0.5, 0.6) is 0 Å². The summed E-state index contributed by atoms with van der Waals surface area (Å²) >= 11 is 0. The van der Waals surface area contributed by atoms with Crippen molar-refractivity contribution in [2.75, 3.05) is 0 Å². The van der Waals surface area contributed by atoms with E-state index in [-0.39, 0.29) is 44.3 Å². The van der Waals surface area contributed by atoms with Crippen molar-refractivity contribution in [3.63, 3.8) is 0 Å². The van der Waals surface area contributed by atoms with E-state index in [9.17, 15) is 0 Å². The molecule has 0 bridgehead atoms. The standard InChI is InChI=1S/2C10H8N2.2ClH.Ru/c2*1-3-7-11-9(5-1)10-6-2-4-8-12-10;;;/h2*1-8H;2*1H;/q;;;;+4/p-2. The number of hydrogen-bond donors (Lipinski definition) is 0. The molecule has 0 aromatic carbocycles. The molecule has 0 saturated carbocycles. The molecule has 0 aliphatic carbocycles. The smallest absolute Gasteiger partial charge is 1.00 e. The summed E-state index contributed by atoms with van der Waals surface area (Å²) in [6.45, 7) is 0. The van der Waals surface area contributed by atoms with E-state index < -0.39 is 0 Å². The number of rotatable bonds is 2. The van der Waals surface area contributed by atoms with Crippen molar-refractivity contribution in [3.8, 4) is 22.8 Å². The van der Waals surface area contributed by atoms with E-state index in [1.54, 1.807) is 24.8 Å². The third kappa shape index (κ3) is 7.92. The third-order valence-corrected chi connectivity index (χ3v) is 3.18. The van der Waals surface area contributed by atoms with E-state index in [2.05, 4.69) is 19.9 Å². The van der Waals surface area contributed by atoms with Crippen molar-refractivity contribution in [2.45, 2.75) is 0 Å². The number of pyridine rings is 4. The molecule has 0 N–H and O–H groups in total. The first-order valence-corrected chi connectivity index (χ1v) is 7.58. The molecule has 7 heteroatoms. The molecule has 0 aliphatic rings. The molecule has 4 rings (SSSR count). The van der Waals surface area contributed by atoms with Crippen LogP contribution in [0.15, 0.2) is 97.6 Å². The van der Waals surface area contributed by atoms with Gasteiger partial charge < -0.3 is 24.8 Å². The second-order valence-electron chi connectivity index (χ2n) is 4.86. The molecule has 0 unspecified atom stereocenters. The topological polar surface area (TPSA) is 51.6 Å². The van der Waals surface area contributed by atoms with Gasteiger partial charge in [-0.2, -0.15) is 0 Å². The Balaban J connectivity index is 0.000000451. The number of halogens is 2. The largest absolute Gasteiger partial charge is 4.00 e. The van der Waals surface area contributed by atoms with Crippen LogP contribution in [-0.2, 0) is 19.5 Å². The van der Waals surface area contributed by atoms with Crippen LogP contribution in [0.25, 0.3) is 22.8 Å². The van der Waals surface area contributed by atoms with Crippen LogP contribution in [0.2, 0.25) is 0 Å². The normalized spacial score (nSPS) is 8.59. The van der Waals surface area contributed by atoms with Crippen LogP contribution >= 0.6 is 0 Å². The maximum absolute atomic E-state index is 4.19. The SMILES string of the molecule is [Cl-].[Cl-].[Ru+4].c1ccc(-c2ccccn2)nc1.c1ccc(-c2ccccn2)nc1. The van der Waals surface area contributed by atoms with Crippen LogP contribution in [0.3, 0.4) is 0 Å². The summed E-state index contributed by atoms with van der Waals surface area (Å²) in [6.07, 6.45) is 7.07. The van der Waals surface area contributed by atoms with E-state index in [0.29, 0.717) is 0 Å². The van der Waals surface area contributed by atoms with Crippen LogP contribution in [-0.4, -0.2) is 19.9 Å². The number of hydrogen-bond acceptors (Lipinski definition) is 4. The molecule has 27 heavy (non-hydrogen) atoms. The van der Waals surface area contributed by atoms with Gasteiger partial charge in [-0.25, -0.2) is 0 Å². The predicted octanol–water partition coefficient (Wildman–Crippen LogP) is -1.71. The van der Waals surface area contributed by atoms with Crippen molar-refractivity contribution < 1.29 is 44.3 Å². The van der Waals surface area contributed by atoms with E-state index in [1.807, 2.05) is 72.8 Å². The first-order valence-electron chi connectivity index (χ1n) is 7.58. The molecule has 4 nitrogen and oxygen atoms in total. The van der Waals surface area contributed by atoms with Crippen LogP contribution in [0.4, 0.5) is 0 Å². The minimum absolute atomic E-state index is 0. The zero-order valence-corrected chi connectivity index (χ0v) is 17.4. The average molecular weight is 484 g/mol. The monoisotopic (exact) mass is 484 g/mol. The van der Waals surface area contributed by atoms with Gasteiger partial charge in [0.05, 0.1) is 22.8 Å². The van der Waals surface area contributed by atoms with Crippen molar-refractivity contribution in [1.29, 1.82) is 0 Å². The van der Waals surface area contributed by atoms with Crippen LogP contribution < -0.4 is 24.8 Å². The molecule has 0 aliphatic heterocycles. The van der Waals surface area contributed by atoms with Gasteiger partial charge in [0, 0.05) is 24.8 Å². The van der Waals surface area contributed by atoms with Gasteiger partial charge >= 0.3 is 19.5 Å². The minimum Gasteiger partial charge on any atom is -1.00 e. The van der Waals surface area contributed by atoms with Gasteiger partial charge in [0.15, 0.2) is 0 Å². The Morgan fingerprint density at radius 3 is 0.741 bits per heavy atom. The van der Waals surface area contributed by atoms with Gasteiger partial charge in [-0.1, -0.05) is 24.3 Å². The second-order valence-corrected chi connectivity index (χ2v) is 4.86. The van der Waals surface area contributed by atoms with E-state index in [1.165, 1.54) is 0 Å². The Hall–Kier alpha value is -2.20. The molecule has 0 spiro atoms. The molecule has 4 aromatic heterocycles. The summed E-state index contributed by atoms with van der Waals surface area (Å²) in [7, 11) is 0. The molecule has 4 heterocycles. The summed E-state index contributed by atoms with van der Waals surface area (Å²) in [5, 5.41) is 0. The molecule has 4 aromatic rings. The van der Waals surface area contributed by atoms with Gasteiger partial charge in [-0.15, -0.1) is 0 Å².